The number of likely N-dealkylation sites (N-methyl/N-ethyl adjacent to an activating group) is 1. The first-order valence-corrected chi connectivity index (χ1v) is 11.0. The van der Waals surface area contributed by atoms with Crippen molar-refractivity contribution in [1.29, 1.82) is 0 Å². The molecule has 1 unspecified atom stereocenters. The zero-order valence-electron chi connectivity index (χ0n) is 18.5. The topological polar surface area (TPSA) is 53.3 Å². The summed E-state index contributed by atoms with van der Waals surface area (Å²) in [5.41, 5.74) is 3.82. The van der Waals surface area contributed by atoms with Gasteiger partial charge in [0.05, 0.1) is 7.11 Å². The first-order valence-electron chi connectivity index (χ1n) is 11.0. The van der Waals surface area contributed by atoms with E-state index in [0.717, 1.165) is 46.2 Å². The molecule has 0 saturated heterocycles. The summed E-state index contributed by atoms with van der Waals surface area (Å²) < 4.78 is 29.1. The second kappa shape index (κ2) is 7.95. The Kier molecular flexibility index (Phi) is 4.78. The van der Waals surface area contributed by atoms with E-state index in [4.69, 9.17) is 23.4 Å². The Bertz CT molecular complexity index is 1430. The third-order valence-electron chi connectivity index (χ3n) is 6.30. The second-order valence-corrected chi connectivity index (χ2v) is 8.19. The summed E-state index contributed by atoms with van der Waals surface area (Å²) in [7, 11) is 3.73. The molecule has 0 bridgehead atoms. The Balaban J connectivity index is 1.29. The second-order valence-electron chi connectivity index (χ2n) is 8.19. The molecule has 33 heavy (non-hydrogen) atoms. The van der Waals surface area contributed by atoms with E-state index in [9.17, 15) is 0 Å². The molecule has 6 rings (SSSR count). The molecule has 3 aromatic carbocycles. The molecule has 2 aliphatic heterocycles. The van der Waals surface area contributed by atoms with Gasteiger partial charge in [0.25, 0.3) is 0 Å². The van der Waals surface area contributed by atoms with Crippen molar-refractivity contribution in [2.75, 3.05) is 34.1 Å². The molecule has 3 heterocycles. The summed E-state index contributed by atoms with van der Waals surface area (Å²) in [6.45, 7) is 1.36. The standard InChI is InChI=1S/C27H23NO5/c1-28-13-12-17-15-23-26(32-16-31-23)27(29-2)24(17)20(28)9-6-14-30-22-11-5-8-19-18-7-3-4-10-21(18)33-25(19)22/h3-5,7-8,10-11,15,20H,12-14,16H2,1-2H3. The third kappa shape index (κ3) is 3.24. The summed E-state index contributed by atoms with van der Waals surface area (Å²) in [4.78, 5) is 2.22. The molecule has 4 aromatic rings. The predicted molar refractivity (Wildman–Crippen MR) is 125 cm³/mol. The lowest BCUT2D eigenvalue weighted by molar-refractivity contribution is 0.171. The van der Waals surface area contributed by atoms with Crippen molar-refractivity contribution in [1.82, 2.24) is 4.90 Å². The molecule has 0 saturated carbocycles. The highest BCUT2D eigenvalue weighted by molar-refractivity contribution is 6.06. The lowest BCUT2D eigenvalue weighted by atomic mass is 9.91. The SMILES string of the molecule is COc1c2c(cc3c1C(C#CCOc1cccc4c1oc1ccccc14)N(C)CC3)OCO2. The number of para-hydroxylation sites is 2. The maximum absolute atomic E-state index is 6.04. The van der Waals surface area contributed by atoms with Crippen LogP contribution in [0, 0.1) is 11.8 Å². The summed E-state index contributed by atoms with van der Waals surface area (Å²) in [5.74, 6) is 9.39. The van der Waals surface area contributed by atoms with Crippen LogP contribution in [0.2, 0.25) is 0 Å². The highest BCUT2D eigenvalue weighted by Crippen LogP contribution is 2.49. The number of ether oxygens (including phenoxy) is 4. The zero-order valence-corrected chi connectivity index (χ0v) is 18.5. The normalized spacial score (nSPS) is 17.0. The Hall–Kier alpha value is -3.82. The Morgan fingerprint density at radius 3 is 2.88 bits per heavy atom. The van der Waals surface area contributed by atoms with Gasteiger partial charge in [0.1, 0.15) is 18.2 Å². The molecule has 166 valence electrons. The van der Waals surface area contributed by atoms with Gasteiger partial charge in [0.15, 0.2) is 22.8 Å². The fourth-order valence-electron chi connectivity index (χ4n) is 4.70. The number of furan rings is 1. The zero-order chi connectivity index (χ0) is 22.4. The largest absolute Gasteiger partial charge is 0.492 e. The van der Waals surface area contributed by atoms with Gasteiger partial charge in [-0.25, -0.2) is 0 Å². The fraction of sp³-hybridized carbons (Fsp3) is 0.259. The number of methoxy groups -OCH3 is 1. The molecule has 1 aromatic heterocycles. The van der Waals surface area contributed by atoms with Crippen LogP contribution in [0.15, 0.2) is 52.9 Å². The van der Waals surface area contributed by atoms with Crippen LogP contribution in [0.3, 0.4) is 0 Å². The van der Waals surface area contributed by atoms with Crippen LogP contribution in [0.1, 0.15) is 17.2 Å². The van der Waals surface area contributed by atoms with E-state index in [0.29, 0.717) is 17.2 Å². The minimum absolute atomic E-state index is 0.121. The van der Waals surface area contributed by atoms with Crippen LogP contribution in [0.25, 0.3) is 21.9 Å². The number of fused-ring (bicyclic) bond motifs is 5. The maximum atomic E-state index is 6.04. The summed E-state index contributed by atoms with van der Waals surface area (Å²) >= 11 is 0. The quantitative estimate of drug-likeness (QED) is 0.420. The van der Waals surface area contributed by atoms with Crippen molar-refractivity contribution >= 4 is 21.9 Å². The van der Waals surface area contributed by atoms with Crippen molar-refractivity contribution in [3.8, 4) is 34.8 Å². The van der Waals surface area contributed by atoms with E-state index in [1.807, 2.05) is 36.4 Å². The molecular weight excluding hydrogens is 418 g/mol. The van der Waals surface area contributed by atoms with Crippen LogP contribution in [-0.2, 0) is 6.42 Å². The van der Waals surface area contributed by atoms with E-state index in [-0.39, 0.29) is 19.4 Å². The highest BCUT2D eigenvalue weighted by atomic mass is 16.7. The van der Waals surface area contributed by atoms with Gasteiger partial charge < -0.3 is 23.4 Å². The van der Waals surface area contributed by atoms with Crippen molar-refractivity contribution in [3.63, 3.8) is 0 Å². The van der Waals surface area contributed by atoms with Crippen molar-refractivity contribution in [2.24, 2.45) is 0 Å². The molecule has 0 aliphatic carbocycles. The average molecular weight is 441 g/mol. The third-order valence-corrected chi connectivity index (χ3v) is 6.30. The summed E-state index contributed by atoms with van der Waals surface area (Å²) in [5, 5.41) is 2.12. The molecule has 6 nitrogen and oxygen atoms in total. The van der Waals surface area contributed by atoms with E-state index < -0.39 is 0 Å². The minimum Gasteiger partial charge on any atom is -0.492 e. The Morgan fingerprint density at radius 2 is 1.97 bits per heavy atom. The van der Waals surface area contributed by atoms with Crippen LogP contribution in [0.4, 0.5) is 0 Å². The average Bonchev–Trinajstić information content (AvgIpc) is 3.46. The molecule has 6 heteroatoms. The lowest BCUT2D eigenvalue weighted by Gasteiger charge is -2.32. The number of nitrogens with zero attached hydrogens (tertiary/aromatic N) is 1. The van der Waals surface area contributed by atoms with Gasteiger partial charge in [-0.1, -0.05) is 42.2 Å². The first-order chi connectivity index (χ1) is 16.2. The van der Waals surface area contributed by atoms with Gasteiger partial charge in [-0.15, -0.1) is 0 Å². The number of rotatable bonds is 3. The van der Waals surface area contributed by atoms with Crippen LogP contribution < -0.4 is 18.9 Å². The Labute approximate surface area is 191 Å². The molecule has 0 radical (unpaired) electrons. The molecule has 0 N–H and O–H groups in total. The van der Waals surface area contributed by atoms with Gasteiger partial charge in [-0.05, 0) is 37.2 Å². The first kappa shape index (κ1) is 19.8. The lowest BCUT2D eigenvalue weighted by Crippen LogP contribution is -2.31. The molecule has 0 amide bonds. The molecule has 0 spiro atoms. The summed E-state index contributed by atoms with van der Waals surface area (Å²) in [6.07, 6.45) is 0.904. The van der Waals surface area contributed by atoms with Crippen LogP contribution in [-0.4, -0.2) is 39.0 Å². The van der Waals surface area contributed by atoms with E-state index in [2.05, 4.69) is 35.9 Å². The van der Waals surface area contributed by atoms with E-state index >= 15 is 0 Å². The van der Waals surface area contributed by atoms with Crippen LogP contribution >= 0.6 is 0 Å². The van der Waals surface area contributed by atoms with E-state index in [1.54, 1.807) is 7.11 Å². The Morgan fingerprint density at radius 1 is 1.09 bits per heavy atom. The monoisotopic (exact) mass is 441 g/mol. The summed E-state index contributed by atoms with van der Waals surface area (Å²) in [6, 6.07) is 15.9. The van der Waals surface area contributed by atoms with Gasteiger partial charge in [-0.2, -0.15) is 0 Å². The van der Waals surface area contributed by atoms with Crippen molar-refractivity contribution < 1.29 is 23.4 Å². The predicted octanol–water partition coefficient (Wildman–Crippen LogP) is 4.93. The van der Waals surface area contributed by atoms with Crippen molar-refractivity contribution in [3.05, 3.63) is 59.7 Å². The molecule has 1 atom stereocenters. The van der Waals surface area contributed by atoms with Crippen molar-refractivity contribution in [2.45, 2.75) is 12.5 Å². The fourth-order valence-corrected chi connectivity index (χ4v) is 4.70. The van der Waals surface area contributed by atoms with Gasteiger partial charge in [0, 0.05) is 22.9 Å². The smallest absolute Gasteiger partial charge is 0.231 e. The van der Waals surface area contributed by atoms with Gasteiger partial charge >= 0.3 is 0 Å². The maximum Gasteiger partial charge on any atom is 0.231 e. The van der Waals surface area contributed by atoms with Gasteiger partial charge in [-0.3, -0.25) is 4.90 Å². The number of hydrogen-bond acceptors (Lipinski definition) is 6. The molecular formula is C27H23NO5. The number of benzene rings is 3. The van der Waals surface area contributed by atoms with Crippen LogP contribution in [0.5, 0.6) is 23.0 Å². The van der Waals surface area contributed by atoms with E-state index in [1.165, 1.54) is 5.56 Å². The van der Waals surface area contributed by atoms with Gasteiger partial charge in [0.2, 0.25) is 12.5 Å². The minimum atomic E-state index is -0.121. The molecule has 2 aliphatic rings. The molecule has 0 fully saturated rings. The highest BCUT2D eigenvalue weighted by Gasteiger charge is 2.33. The number of hydrogen-bond donors (Lipinski definition) is 0.